The van der Waals surface area contributed by atoms with Gasteiger partial charge in [-0.3, -0.25) is 4.90 Å². The molecule has 0 radical (unpaired) electrons. The quantitative estimate of drug-likeness (QED) is 0.757. The molecule has 2 rings (SSSR count). The van der Waals surface area contributed by atoms with E-state index in [-0.39, 0.29) is 12.2 Å². The lowest BCUT2D eigenvalue weighted by molar-refractivity contribution is 0.157. The number of likely N-dealkylation sites (tertiary alicyclic amines) is 1. The van der Waals surface area contributed by atoms with Crippen LogP contribution in [0.3, 0.4) is 0 Å². The molecule has 0 saturated carbocycles. The Morgan fingerprint density at radius 3 is 3.05 bits per heavy atom. The average Bonchev–Trinajstić information content (AvgIpc) is 2.94. The maximum Gasteiger partial charge on any atom is 0.143 e. The van der Waals surface area contributed by atoms with E-state index in [1.165, 1.54) is 6.07 Å². The average molecular weight is 291 g/mol. The van der Waals surface area contributed by atoms with Crippen LogP contribution in [0.2, 0.25) is 0 Å². The van der Waals surface area contributed by atoms with E-state index in [2.05, 4.69) is 10.2 Å². The zero-order valence-corrected chi connectivity index (χ0v) is 12.2. The predicted octanol–water partition coefficient (Wildman–Crippen LogP) is 2.35. The maximum absolute atomic E-state index is 13.4. The highest BCUT2D eigenvalue weighted by molar-refractivity contribution is 5.57. The van der Waals surface area contributed by atoms with Crippen LogP contribution in [0, 0.1) is 17.1 Å². The fourth-order valence-corrected chi connectivity index (χ4v) is 2.84. The lowest BCUT2D eigenvalue weighted by Crippen LogP contribution is -2.33. The number of nitrogens with one attached hydrogen (secondary N) is 1. The zero-order chi connectivity index (χ0) is 15.1. The van der Waals surface area contributed by atoms with Crippen LogP contribution >= 0.6 is 0 Å². The summed E-state index contributed by atoms with van der Waals surface area (Å²) in [5, 5.41) is 21.3. The summed E-state index contributed by atoms with van der Waals surface area (Å²) in [6.45, 7) is 3.02. The molecule has 1 aliphatic rings. The maximum atomic E-state index is 13.4. The summed E-state index contributed by atoms with van der Waals surface area (Å²) in [5.41, 5.74) is 0.643. The van der Waals surface area contributed by atoms with Crippen LogP contribution in [0.5, 0.6) is 0 Å². The third-order valence-electron chi connectivity index (χ3n) is 4.02. The number of halogens is 1. The number of anilines is 1. The van der Waals surface area contributed by atoms with Gasteiger partial charge in [0.25, 0.3) is 0 Å². The minimum atomic E-state index is -0.481. The van der Waals surface area contributed by atoms with E-state index in [0.717, 1.165) is 45.3 Å². The molecule has 21 heavy (non-hydrogen) atoms. The minimum absolute atomic E-state index is 0.0809. The van der Waals surface area contributed by atoms with Crippen LogP contribution < -0.4 is 5.32 Å². The van der Waals surface area contributed by atoms with Crippen molar-refractivity contribution < 1.29 is 9.50 Å². The molecule has 1 aliphatic heterocycles. The molecule has 0 amide bonds. The Kier molecular flexibility index (Phi) is 5.97. The minimum Gasteiger partial charge on any atom is -0.395 e. The molecule has 5 heteroatoms. The van der Waals surface area contributed by atoms with Crippen LogP contribution in [0.15, 0.2) is 18.2 Å². The van der Waals surface area contributed by atoms with Gasteiger partial charge in [-0.05, 0) is 50.9 Å². The number of nitrogens with zero attached hydrogens (tertiary/aromatic N) is 2. The lowest BCUT2D eigenvalue weighted by Gasteiger charge is -2.22. The van der Waals surface area contributed by atoms with Crippen molar-refractivity contribution >= 4 is 5.69 Å². The van der Waals surface area contributed by atoms with E-state index in [0.29, 0.717) is 11.7 Å². The first-order chi connectivity index (χ1) is 10.3. The summed E-state index contributed by atoms with van der Waals surface area (Å²) < 4.78 is 13.4. The van der Waals surface area contributed by atoms with Gasteiger partial charge in [-0.25, -0.2) is 4.39 Å². The van der Waals surface area contributed by atoms with Gasteiger partial charge in [-0.15, -0.1) is 0 Å². The third-order valence-corrected chi connectivity index (χ3v) is 4.02. The molecule has 0 bridgehead atoms. The second-order valence-electron chi connectivity index (χ2n) is 5.42. The molecule has 1 fully saturated rings. The van der Waals surface area contributed by atoms with E-state index >= 15 is 0 Å². The topological polar surface area (TPSA) is 59.3 Å². The number of aliphatic hydroxyl groups excluding tert-OH is 1. The third kappa shape index (κ3) is 4.16. The molecule has 114 valence electrons. The standard InChI is InChI=1S/C16H22FN3O/c17-15-6-3-7-16(14(15)11-18)19-8-1-2-9-20-10-4-5-13(20)12-21/h3,6-7,13,19,21H,1-2,4-5,8-10,12H2/t13-/m1/s1. The molecule has 1 saturated heterocycles. The van der Waals surface area contributed by atoms with Gasteiger partial charge in [-0.2, -0.15) is 5.26 Å². The van der Waals surface area contributed by atoms with Crippen LogP contribution in [0.1, 0.15) is 31.2 Å². The molecule has 0 spiro atoms. The van der Waals surface area contributed by atoms with Crippen LogP contribution in [-0.2, 0) is 0 Å². The normalized spacial score (nSPS) is 18.6. The van der Waals surface area contributed by atoms with Crippen molar-refractivity contribution in [3.63, 3.8) is 0 Å². The Morgan fingerprint density at radius 2 is 2.29 bits per heavy atom. The van der Waals surface area contributed by atoms with Crippen molar-refractivity contribution in [3.05, 3.63) is 29.6 Å². The Morgan fingerprint density at radius 1 is 1.43 bits per heavy atom. The molecule has 1 atom stereocenters. The summed E-state index contributed by atoms with van der Waals surface area (Å²) in [5.74, 6) is -0.481. The van der Waals surface area contributed by atoms with Crippen molar-refractivity contribution in [1.29, 1.82) is 5.26 Å². The Labute approximate surface area is 125 Å². The lowest BCUT2D eigenvalue weighted by atomic mass is 10.1. The summed E-state index contributed by atoms with van der Waals surface area (Å²) in [6.07, 6.45) is 4.23. The Bertz CT molecular complexity index is 501. The SMILES string of the molecule is N#Cc1c(F)cccc1NCCCCN1CCC[C@@H]1CO. The van der Waals surface area contributed by atoms with Crippen molar-refractivity contribution in [3.8, 4) is 6.07 Å². The van der Waals surface area contributed by atoms with Crippen molar-refractivity contribution in [1.82, 2.24) is 4.90 Å². The largest absolute Gasteiger partial charge is 0.395 e. The number of aliphatic hydroxyl groups is 1. The molecule has 0 unspecified atom stereocenters. The monoisotopic (exact) mass is 291 g/mol. The number of rotatable bonds is 7. The van der Waals surface area contributed by atoms with Gasteiger partial charge in [0.2, 0.25) is 0 Å². The predicted molar refractivity (Wildman–Crippen MR) is 80.5 cm³/mol. The zero-order valence-electron chi connectivity index (χ0n) is 12.2. The van der Waals surface area contributed by atoms with Gasteiger partial charge in [0.15, 0.2) is 0 Å². The smallest absolute Gasteiger partial charge is 0.143 e. The number of hydrogen-bond acceptors (Lipinski definition) is 4. The number of unbranched alkanes of at least 4 members (excludes halogenated alkanes) is 1. The second-order valence-corrected chi connectivity index (χ2v) is 5.42. The molecule has 1 aromatic carbocycles. The van der Waals surface area contributed by atoms with Gasteiger partial charge < -0.3 is 10.4 Å². The van der Waals surface area contributed by atoms with Crippen LogP contribution in [0.4, 0.5) is 10.1 Å². The molecule has 4 nitrogen and oxygen atoms in total. The van der Waals surface area contributed by atoms with E-state index < -0.39 is 5.82 Å². The summed E-state index contributed by atoms with van der Waals surface area (Å²) in [6, 6.07) is 6.84. The number of hydrogen-bond donors (Lipinski definition) is 2. The highest BCUT2D eigenvalue weighted by Gasteiger charge is 2.22. The number of nitriles is 1. The molecule has 2 N–H and O–H groups in total. The van der Waals surface area contributed by atoms with Gasteiger partial charge in [-0.1, -0.05) is 6.07 Å². The first-order valence-corrected chi connectivity index (χ1v) is 7.53. The molecule has 0 aliphatic carbocycles. The highest BCUT2D eigenvalue weighted by Crippen LogP contribution is 2.19. The fourth-order valence-electron chi connectivity index (χ4n) is 2.84. The van der Waals surface area contributed by atoms with Crippen molar-refractivity contribution in [2.24, 2.45) is 0 Å². The summed E-state index contributed by atoms with van der Waals surface area (Å²) in [7, 11) is 0. The summed E-state index contributed by atoms with van der Waals surface area (Å²) >= 11 is 0. The van der Waals surface area contributed by atoms with E-state index in [1.807, 2.05) is 6.07 Å². The molecule has 0 aromatic heterocycles. The Balaban J connectivity index is 1.71. The first kappa shape index (κ1) is 15.7. The van der Waals surface area contributed by atoms with Crippen LogP contribution in [-0.4, -0.2) is 42.3 Å². The van der Waals surface area contributed by atoms with Crippen LogP contribution in [0.25, 0.3) is 0 Å². The molecule has 1 heterocycles. The summed E-state index contributed by atoms with van der Waals surface area (Å²) in [4.78, 5) is 2.34. The van der Waals surface area contributed by atoms with E-state index in [4.69, 9.17) is 5.26 Å². The highest BCUT2D eigenvalue weighted by atomic mass is 19.1. The van der Waals surface area contributed by atoms with E-state index in [9.17, 15) is 9.50 Å². The molecule has 1 aromatic rings. The number of benzene rings is 1. The first-order valence-electron chi connectivity index (χ1n) is 7.53. The molecular weight excluding hydrogens is 269 g/mol. The van der Waals surface area contributed by atoms with E-state index in [1.54, 1.807) is 12.1 Å². The fraction of sp³-hybridized carbons (Fsp3) is 0.562. The van der Waals surface area contributed by atoms with Gasteiger partial charge in [0.05, 0.1) is 12.3 Å². The molecular formula is C16H22FN3O. The van der Waals surface area contributed by atoms with Gasteiger partial charge in [0, 0.05) is 12.6 Å². The second kappa shape index (κ2) is 7.96. The van der Waals surface area contributed by atoms with Gasteiger partial charge in [0.1, 0.15) is 17.4 Å². The van der Waals surface area contributed by atoms with Crippen molar-refractivity contribution in [2.45, 2.75) is 31.7 Å². The van der Waals surface area contributed by atoms with Gasteiger partial charge >= 0.3 is 0 Å². The Hall–Kier alpha value is -1.64. The van der Waals surface area contributed by atoms with Crippen molar-refractivity contribution in [2.75, 3.05) is 31.6 Å².